The van der Waals surface area contributed by atoms with Crippen LogP contribution in [0.5, 0.6) is 0 Å². The smallest absolute Gasteiger partial charge is 0.548 e. The predicted molar refractivity (Wildman–Crippen MR) is 65.4 cm³/mol. The van der Waals surface area contributed by atoms with Gasteiger partial charge in [0.25, 0.3) is 0 Å². The quantitative estimate of drug-likeness (QED) is 0.112. The SMILES string of the molecule is N[C@@H](CCC(=O)OC(O)[C@@H](O)[C@@H](O)[C@H](O)[C@H](O)CO)C(=O)[O-].[Na+]. The fourth-order valence-electron chi connectivity index (χ4n) is 1.36. The van der Waals surface area contributed by atoms with Crippen molar-refractivity contribution in [2.45, 2.75) is 49.6 Å². The van der Waals surface area contributed by atoms with Crippen molar-refractivity contribution in [3.63, 3.8) is 0 Å². The van der Waals surface area contributed by atoms with Crippen molar-refractivity contribution in [2.24, 2.45) is 5.73 Å². The minimum absolute atomic E-state index is 0. The van der Waals surface area contributed by atoms with E-state index < -0.39 is 61.7 Å². The number of rotatable bonds is 10. The van der Waals surface area contributed by atoms with Crippen LogP contribution in [-0.2, 0) is 14.3 Å². The average Bonchev–Trinajstić information content (AvgIpc) is 2.48. The summed E-state index contributed by atoms with van der Waals surface area (Å²) in [5, 5.41) is 65.5. The number of carbonyl (C=O) groups is 2. The van der Waals surface area contributed by atoms with Crippen LogP contribution in [0.25, 0.3) is 0 Å². The second kappa shape index (κ2) is 12.1. The van der Waals surface area contributed by atoms with Gasteiger partial charge in [-0.25, -0.2) is 0 Å². The number of esters is 1. The number of hydrogen-bond donors (Lipinski definition) is 7. The number of nitrogens with two attached hydrogens (primary N) is 1. The summed E-state index contributed by atoms with van der Waals surface area (Å²) in [5.41, 5.74) is 5.09. The molecule has 0 saturated heterocycles. The first-order valence-electron chi connectivity index (χ1n) is 6.28. The van der Waals surface area contributed by atoms with E-state index in [-0.39, 0.29) is 36.0 Å². The van der Waals surface area contributed by atoms with Gasteiger partial charge in [-0.1, -0.05) is 0 Å². The summed E-state index contributed by atoms with van der Waals surface area (Å²) < 4.78 is 4.31. The van der Waals surface area contributed by atoms with E-state index in [0.717, 1.165) is 0 Å². The van der Waals surface area contributed by atoms with E-state index in [0.29, 0.717) is 0 Å². The number of carbonyl (C=O) groups excluding carboxylic acids is 2. The molecule has 23 heavy (non-hydrogen) atoms. The molecule has 0 saturated carbocycles. The van der Waals surface area contributed by atoms with Gasteiger partial charge in [-0.2, -0.15) is 0 Å². The van der Waals surface area contributed by atoms with Crippen molar-refractivity contribution in [3.8, 4) is 0 Å². The van der Waals surface area contributed by atoms with Crippen molar-refractivity contribution in [3.05, 3.63) is 0 Å². The van der Waals surface area contributed by atoms with Crippen LogP contribution in [-0.4, -0.2) is 85.9 Å². The van der Waals surface area contributed by atoms with Gasteiger partial charge in [0.05, 0.1) is 12.6 Å². The average molecular weight is 349 g/mol. The molecule has 0 heterocycles. The van der Waals surface area contributed by atoms with Crippen LogP contribution >= 0.6 is 0 Å². The molecule has 0 amide bonds. The normalized spacial score (nSPS) is 18.7. The molecule has 0 aliphatic heterocycles. The second-order valence-electron chi connectivity index (χ2n) is 4.57. The van der Waals surface area contributed by atoms with E-state index in [2.05, 4.69) is 4.74 Å². The van der Waals surface area contributed by atoms with Gasteiger partial charge in [0.1, 0.15) is 24.4 Å². The number of aliphatic hydroxyl groups excluding tert-OH is 6. The van der Waals surface area contributed by atoms with Crippen molar-refractivity contribution >= 4 is 11.9 Å². The number of aliphatic carboxylic acids is 1. The van der Waals surface area contributed by atoms with Crippen molar-refractivity contribution < 1.29 is 79.6 Å². The molecule has 0 spiro atoms. The molecule has 1 unspecified atom stereocenters. The zero-order valence-corrected chi connectivity index (χ0v) is 14.5. The summed E-state index contributed by atoms with van der Waals surface area (Å²) in [5.74, 6) is -2.70. The van der Waals surface area contributed by atoms with Crippen LogP contribution in [0.1, 0.15) is 12.8 Å². The summed E-state index contributed by atoms with van der Waals surface area (Å²) in [6, 6.07) is -1.42. The van der Waals surface area contributed by atoms with Crippen LogP contribution < -0.4 is 40.4 Å². The van der Waals surface area contributed by atoms with Gasteiger partial charge >= 0.3 is 35.5 Å². The molecule has 0 aromatic carbocycles. The van der Waals surface area contributed by atoms with E-state index >= 15 is 0 Å². The number of aliphatic hydroxyl groups is 6. The van der Waals surface area contributed by atoms with Crippen LogP contribution in [0, 0.1) is 0 Å². The standard InChI is InChI=1S/C11H21NO10.Na/c12-4(10(19)20)1-2-6(15)22-11(21)9(18)8(17)7(16)5(14)3-13;/h4-5,7-9,11,13-14,16-18,21H,1-3,12H2,(H,19,20);/q;+1/p-1/t4-,5+,7+,8-,9-,11?;/m0./s1. The Hall–Kier alpha value is -0.340. The van der Waals surface area contributed by atoms with Crippen LogP contribution in [0.2, 0.25) is 0 Å². The van der Waals surface area contributed by atoms with E-state index in [4.69, 9.17) is 15.9 Å². The topological polar surface area (TPSA) is 214 Å². The van der Waals surface area contributed by atoms with E-state index in [1.165, 1.54) is 0 Å². The molecule has 0 aliphatic carbocycles. The Morgan fingerprint density at radius 3 is 2.00 bits per heavy atom. The van der Waals surface area contributed by atoms with E-state index in [9.17, 15) is 35.1 Å². The molecule has 11 nitrogen and oxygen atoms in total. The molecule has 8 N–H and O–H groups in total. The molecular weight excluding hydrogens is 329 g/mol. The molecule has 0 aromatic rings. The van der Waals surface area contributed by atoms with Crippen LogP contribution in [0.15, 0.2) is 0 Å². The third kappa shape index (κ3) is 8.91. The van der Waals surface area contributed by atoms with Gasteiger partial charge in [0, 0.05) is 12.5 Å². The fraction of sp³-hybridized carbons (Fsp3) is 0.818. The number of ether oxygens (including phenoxy) is 1. The van der Waals surface area contributed by atoms with Gasteiger partial charge < -0.3 is 51.0 Å². The van der Waals surface area contributed by atoms with E-state index in [1.807, 2.05) is 0 Å². The van der Waals surface area contributed by atoms with Gasteiger partial charge in [-0.15, -0.1) is 0 Å². The summed E-state index contributed by atoms with van der Waals surface area (Å²) in [6.07, 6.45) is -11.2. The Kier molecular flexibility index (Phi) is 13.1. The molecular formula is C11H20NNaO10. The fourth-order valence-corrected chi connectivity index (χ4v) is 1.36. The van der Waals surface area contributed by atoms with Gasteiger partial charge in [0.2, 0.25) is 6.29 Å². The van der Waals surface area contributed by atoms with Crippen LogP contribution in [0.3, 0.4) is 0 Å². The minimum Gasteiger partial charge on any atom is -0.548 e. The number of carboxylic acids is 1. The third-order valence-corrected chi connectivity index (χ3v) is 2.79. The minimum atomic E-state index is -2.25. The first kappa shape index (κ1) is 24.9. The third-order valence-electron chi connectivity index (χ3n) is 2.79. The molecule has 12 heteroatoms. The van der Waals surface area contributed by atoms with Crippen LogP contribution in [0.4, 0.5) is 0 Å². The molecule has 0 fully saturated rings. The van der Waals surface area contributed by atoms with E-state index in [1.54, 1.807) is 0 Å². The number of carboxylic acid groups (broad SMARTS) is 1. The maximum Gasteiger partial charge on any atom is 1.00 e. The summed E-state index contributed by atoms with van der Waals surface area (Å²) in [6.45, 7) is -0.915. The molecule has 130 valence electrons. The Labute approximate surface area is 153 Å². The largest absolute Gasteiger partial charge is 1.00 e. The van der Waals surface area contributed by atoms with Gasteiger partial charge in [-0.05, 0) is 6.42 Å². The maximum atomic E-state index is 11.3. The predicted octanol–water partition coefficient (Wildman–Crippen LogP) is -8.85. The Morgan fingerprint density at radius 2 is 1.57 bits per heavy atom. The summed E-state index contributed by atoms with van der Waals surface area (Å²) in [7, 11) is 0. The Morgan fingerprint density at radius 1 is 1.04 bits per heavy atom. The molecule has 0 aromatic heterocycles. The molecule has 6 atom stereocenters. The summed E-state index contributed by atoms with van der Waals surface area (Å²) >= 11 is 0. The van der Waals surface area contributed by atoms with Gasteiger partial charge in [-0.3, -0.25) is 4.79 Å². The zero-order chi connectivity index (χ0) is 17.4. The van der Waals surface area contributed by atoms with Crippen molar-refractivity contribution in [1.29, 1.82) is 0 Å². The van der Waals surface area contributed by atoms with Crippen molar-refractivity contribution in [1.82, 2.24) is 0 Å². The second-order valence-corrected chi connectivity index (χ2v) is 4.57. The Balaban J connectivity index is 0. The molecule has 0 rings (SSSR count). The molecule has 0 radical (unpaired) electrons. The first-order chi connectivity index (χ1) is 10.1. The molecule has 0 bridgehead atoms. The molecule has 0 aliphatic rings. The monoisotopic (exact) mass is 349 g/mol. The van der Waals surface area contributed by atoms with Gasteiger partial charge in [0.15, 0.2) is 0 Å². The van der Waals surface area contributed by atoms with Crippen molar-refractivity contribution in [2.75, 3.05) is 6.61 Å². The number of hydrogen-bond acceptors (Lipinski definition) is 11. The summed E-state index contributed by atoms with van der Waals surface area (Å²) in [4.78, 5) is 21.6. The Bertz CT molecular complexity index is 371. The first-order valence-corrected chi connectivity index (χ1v) is 6.28. The maximum absolute atomic E-state index is 11.3. The zero-order valence-electron chi connectivity index (χ0n) is 12.5.